The Kier molecular flexibility index (Phi) is 5.56. The van der Waals surface area contributed by atoms with Crippen molar-refractivity contribution in [2.45, 2.75) is 19.0 Å². The maximum Gasteiger partial charge on any atom is 0.191 e. The molecular weight excluding hydrogens is 327 g/mol. The summed E-state index contributed by atoms with van der Waals surface area (Å²) < 4.78 is 0. The Hall–Kier alpha value is -1.17. The van der Waals surface area contributed by atoms with E-state index in [-0.39, 0.29) is 0 Å². The second kappa shape index (κ2) is 7.20. The van der Waals surface area contributed by atoms with Gasteiger partial charge in [-0.05, 0) is 37.8 Å². The first kappa shape index (κ1) is 16.2. The van der Waals surface area contributed by atoms with Crippen LogP contribution in [0.3, 0.4) is 0 Å². The Bertz CT molecular complexity index is 649. The summed E-state index contributed by atoms with van der Waals surface area (Å²) in [6, 6.07) is 5.47. The van der Waals surface area contributed by atoms with Crippen LogP contribution in [0.1, 0.15) is 12.5 Å². The minimum absolute atomic E-state index is 0.603. The summed E-state index contributed by atoms with van der Waals surface area (Å²) in [7, 11) is 0. The summed E-state index contributed by atoms with van der Waals surface area (Å²) in [4.78, 5) is 8.80. The fourth-order valence-corrected chi connectivity index (χ4v) is 2.54. The normalized spacial score (nSPS) is 10.5. The molecule has 4 nitrogen and oxygen atoms in total. The van der Waals surface area contributed by atoms with Gasteiger partial charge in [0.05, 0.1) is 10.7 Å². The van der Waals surface area contributed by atoms with Gasteiger partial charge in [0.1, 0.15) is 11.6 Å². The van der Waals surface area contributed by atoms with E-state index in [0.717, 1.165) is 23.6 Å². The molecule has 2 aromatic rings. The Balaban J connectivity index is 2.34. The number of thioether (sulfide) groups is 1. The summed E-state index contributed by atoms with van der Waals surface area (Å²) in [5.41, 5.74) is 1.66. The number of aryl methyl sites for hydroxylation is 1. The first-order chi connectivity index (χ1) is 10.0. The van der Waals surface area contributed by atoms with E-state index >= 15 is 0 Å². The molecule has 0 saturated carbocycles. The van der Waals surface area contributed by atoms with Crippen molar-refractivity contribution in [1.29, 1.82) is 0 Å². The summed E-state index contributed by atoms with van der Waals surface area (Å²) >= 11 is 13.9. The third kappa shape index (κ3) is 4.15. The smallest absolute Gasteiger partial charge is 0.191 e. The van der Waals surface area contributed by atoms with Crippen LogP contribution in [0.25, 0.3) is 0 Å². The van der Waals surface area contributed by atoms with Gasteiger partial charge in [-0.2, -0.15) is 0 Å². The van der Waals surface area contributed by atoms with Gasteiger partial charge >= 0.3 is 0 Å². The molecule has 0 saturated heterocycles. The minimum Gasteiger partial charge on any atom is -0.370 e. The van der Waals surface area contributed by atoms with Crippen molar-refractivity contribution in [1.82, 2.24) is 9.97 Å². The number of hydrogen-bond donors (Lipinski definition) is 2. The van der Waals surface area contributed by atoms with Crippen molar-refractivity contribution in [3.63, 3.8) is 0 Å². The Labute approximate surface area is 138 Å². The summed E-state index contributed by atoms with van der Waals surface area (Å²) in [5, 5.41) is 8.32. The van der Waals surface area contributed by atoms with E-state index in [1.165, 1.54) is 11.8 Å². The van der Waals surface area contributed by atoms with Crippen LogP contribution in [0.15, 0.2) is 23.4 Å². The maximum absolute atomic E-state index is 6.24. The highest BCUT2D eigenvalue weighted by molar-refractivity contribution is 7.98. The average Bonchev–Trinajstić information content (AvgIpc) is 2.45. The second-order valence-corrected chi connectivity index (χ2v) is 5.95. The fraction of sp³-hybridized carbons (Fsp3) is 0.286. The minimum atomic E-state index is 0.603. The van der Waals surface area contributed by atoms with Gasteiger partial charge in [-0.3, -0.25) is 0 Å². The predicted octanol–water partition coefficient (Wildman–Crippen LogP) is 4.99. The van der Waals surface area contributed by atoms with Crippen LogP contribution in [0.4, 0.5) is 17.3 Å². The summed E-state index contributed by atoms with van der Waals surface area (Å²) in [5.74, 6) is 1.45. The molecule has 0 radical (unpaired) electrons. The number of anilines is 3. The molecule has 112 valence electrons. The molecular formula is C14H16Cl2N4S. The van der Waals surface area contributed by atoms with Gasteiger partial charge in [-0.25, -0.2) is 9.97 Å². The molecule has 7 heteroatoms. The molecule has 0 aliphatic carbocycles. The molecule has 0 fully saturated rings. The molecule has 0 bridgehead atoms. The zero-order valence-electron chi connectivity index (χ0n) is 12.0. The summed E-state index contributed by atoms with van der Waals surface area (Å²) in [6.07, 6.45) is 1.94. The van der Waals surface area contributed by atoms with Gasteiger partial charge in [0.25, 0.3) is 0 Å². The summed E-state index contributed by atoms with van der Waals surface area (Å²) in [6.45, 7) is 4.73. The van der Waals surface area contributed by atoms with Gasteiger partial charge in [-0.1, -0.05) is 35.0 Å². The molecule has 0 amide bonds. The Morgan fingerprint density at radius 1 is 1.10 bits per heavy atom. The van der Waals surface area contributed by atoms with Crippen molar-refractivity contribution in [2.24, 2.45) is 0 Å². The molecule has 0 atom stereocenters. The Morgan fingerprint density at radius 3 is 2.48 bits per heavy atom. The zero-order chi connectivity index (χ0) is 15.4. The van der Waals surface area contributed by atoms with Crippen LogP contribution in [0.5, 0.6) is 0 Å². The molecule has 21 heavy (non-hydrogen) atoms. The number of rotatable bonds is 5. The highest BCUT2D eigenvalue weighted by atomic mass is 35.5. The Morgan fingerprint density at radius 2 is 1.81 bits per heavy atom. The second-order valence-electron chi connectivity index (χ2n) is 4.36. The number of aromatic nitrogens is 2. The first-order valence-corrected chi connectivity index (χ1v) is 8.41. The van der Waals surface area contributed by atoms with Gasteiger partial charge in [0.15, 0.2) is 5.16 Å². The van der Waals surface area contributed by atoms with Gasteiger partial charge in [-0.15, -0.1) is 0 Å². The van der Waals surface area contributed by atoms with E-state index in [4.69, 9.17) is 23.2 Å². The third-order valence-corrected chi connectivity index (χ3v) is 4.02. The van der Waals surface area contributed by atoms with Crippen molar-refractivity contribution in [3.05, 3.63) is 33.8 Å². The van der Waals surface area contributed by atoms with E-state index in [2.05, 4.69) is 20.6 Å². The largest absolute Gasteiger partial charge is 0.370 e. The quantitative estimate of drug-likeness (QED) is 0.592. The van der Waals surface area contributed by atoms with Crippen LogP contribution < -0.4 is 10.6 Å². The lowest BCUT2D eigenvalue weighted by Crippen LogP contribution is -2.04. The van der Waals surface area contributed by atoms with Gasteiger partial charge in [0.2, 0.25) is 0 Å². The molecule has 0 unspecified atom stereocenters. The maximum atomic E-state index is 6.24. The highest BCUT2D eigenvalue weighted by Gasteiger charge is 2.08. The molecule has 0 aliphatic heterocycles. The van der Waals surface area contributed by atoms with Crippen LogP contribution in [-0.4, -0.2) is 22.8 Å². The van der Waals surface area contributed by atoms with E-state index < -0.39 is 0 Å². The van der Waals surface area contributed by atoms with Crippen molar-refractivity contribution >= 4 is 52.3 Å². The SMILES string of the molecule is CCNc1cc(Nc2cc(Cl)c(C)cc2Cl)nc(SC)n1. The van der Waals surface area contributed by atoms with E-state index in [9.17, 15) is 0 Å². The average molecular weight is 343 g/mol. The molecule has 1 aromatic heterocycles. The predicted molar refractivity (Wildman–Crippen MR) is 92.5 cm³/mol. The van der Waals surface area contributed by atoms with E-state index in [1.54, 1.807) is 6.07 Å². The molecule has 1 heterocycles. The number of benzene rings is 1. The lowest BCUT2D eigenvalue weighted by molar-refractivity contribution is 0.967. The van der Waals surface area contributed by atoms with Crippen molar-refractivity contribution in [3.8, 4) is 0 Å². The lowest BCUT2D eigenvalue weighted by atomic mass is 10.2. The van der Waals surface area contributed by atoms with Crippen LogP contribution >= 0.6 is 35.0 Å². The van der Waals surface area contributed by atoms with Crippen molar-refractivity contribution in [2.75, 3.05) is 23.4 Å². The topological polar surface area (TPSA) is 49.8 Å². The lowest BCUT2D eigenvalue weighted by Gasteiger charge is -2.12. The van der Waals surface area contributed by atoms with Crippen LogP contribution in [0, 0.1) is 6.92 Å². The first-order valence-electron chi connectivity index (χ1n) is 6.43. The van der Waals surface area contributed by atoms with Gasteiger partial charge < -0.3 is 10.6 Å². The standard InChI is InChI=1S/C14H16Cl2N4S/c1-4-17-12-7-13(20-14(19-12)21-3)18-11-6-9(15)8(2)5-10(11)16/h5-7H,4H2,1-3H3,(H2,17,18,19,20). The van der Waals surface area contributed by atoms with Crippen molar-refractivity contribution < 1.29 is 0 Å². The third-order valence-electron chi connectivity index (χ3n) is 2.76. The van der Waals surface area contributed by atoms with E-state index in [0.29, 0.717) is 21.0 Å². The molecule has 0 spiro atoms. The molecule has 2 rings (SSSR count). The van der Waals surface area contributed by atoms with Crippen LogP contribution in [0.2, 0.25) is 10.0 Å². The number of nitrogens with one attached hydrogen (secondary N) is 2. The number of nitrogens with zero attached hydrogens (tertiary/aromatic N) is 2. The fourth-order valence-electron chi connectivity index (χ4n) is 1.73. The van der Waals surface area contributed by atoms with Crippen LogP contribution in [-0.2, 0) is 0 Å². The highest BCUT2D eigenvalue weighted by Crippen LogP contribution is 2.31. The van der Waals surface area contributed by atoms with E-state index in [1.807, 2.05) is 32.2 Å². The molecule has 2 N–H and O–H groups in total. The molecule has 1 aromatic carbocycles. The number of halogens is 2. The van der Waals surface area contributed by atoms with Gasteiger partial charge in [0, 0.05) is 17.6 Å². The molecule has 0 aliphatic rings. The number of hydrogen-bond acceptors (Lipinski definition) is 5. The monoisotopic (exact) mass is 342 g/mol. The zero-order valence-corrected chi connectivity index (χ0v) is 14.3.